The second-order valence-corrected chi connectivity index (χ2v) is 9.52. The molecule has 0 radical (unpaired) electrons. The fraction of sp³-hybridized carbons (Fsp3) is 0.238. The molecule has 164 valence electrons. The molecule has 3 rings (SSSR count). The Labute approximate surface area is 183 Å². The van der Waals surface area contributed by atoms with Crippen LogP contribution in [-0.2, 0) is 9.84 Å². The molecule has 0 spiro atoms. The van der Waals surface area contributed by atoms with Crippen molar-refractivity contribution in [3.05, 3.63) is 69.9 Å². The number of rotatable bonds is 7. The minimum absolute atomic E-state index is 0.0390. The highest BCUT2D eigenvalue weighted by Gasteiger charge is 2.18. The first-order valence-electron chi connectivity index (χ1n) is 9.23. The summed E-state index contributed by atoms with van der Waals surface area (Å²) in [5.74, 6) is -0.904. The number of hydrogen-bond acceptors (Lipinski definition) is 6. The molecular weight excluding hydrogens is 447 g/mol. The second kappa shape index (κ2) is 9.17. The molecule has 31 heavy (non-hydrogen) atoms. The summed E-state index contributed by atoms with van der Waals surface area (Å²) >= 11 is 5.83. The zero-order valence-electron chi connectivity index (χ0n) is 16.7. The van der Waals surface area contributed by atoms with Crippen molar-refractivity contribution < 1.29 is 22.7 Å². The lowest BCUT2D eigenvalue weighted by molar-refractivity contribution is 0.173. The van der Waals surface area contributed by atoms with Crippen LogP contribution in [0.4, 0.5) is 4.39 Å². The van der Waals surface area contributed by atoms with Gasteiger partial charge in [-0.15, -0.1) is 0 Å². The van der Waals surface area contributed by atoms with Crippen LogP contribution in [0.1, 0.15) is 6.92 Å². The molecule has 0 amide bonds. The van der Waals surface area contributed by atoms with E-state index >= 15 is 0 Å². The van der Waals surface area contributed by atoms with E-state index in [1.165, 1.54) is 30.5 Å². The van der Waals surface area contributed by atoms with Gasteiger partial charge in [0.25, 0.3) is 0 Å². The summed E-state index contributed by atoms with van der Waals surface area (Å²) in [6.45, 7) is 1.68. The average Bonchev–Trinajstić information content (AvgIpc) is 2.74. The normalized spacial score (nSPS) is 12.5. The van der Waals surface area contributed by atoms with Gasteiger partial charge in [0, 0.05) is 24.3 Å². The lowest BCUT2D eigenvalue weighted by Crippen LogP contribution is -2.25. The fourth-order valence-electron chi connectivity index (χ4n) is 2.74. The van der Waals surface area contributed by atoms with E-state index < -0.39 is 21.2 Å². The molecule has 1 heterocycles. The topological polar surface area (TPSA) is 98.5 Å². The van der Waals surface area contributed by atoms with Crippen molar-refractivity contribution in [3.63, 3.8) is 0 Å². The Morgan fingerprint density at radius 1 is 1.23 bits per heavy atom. The van der Waals surface area contributed by atoms with Gasteiger partial charge in [-0.3, -0.25) is 4.79 Å². The van der Waals surface area contributed by atoms with Crippen LogP contribution < -0.4 is 10.3 Å². The predicted octanol–water partition coefficient (Wildman–Crippen LogP) is 3.10. The summed E-state index contributed by atoms with van der Waals surface area (Å²) < 4.78 is 43.7. The lowest BCUT2D eigenvalue weighted by atomic mass is 10.1. The first-order chi connectivity index (χ1) is 14.6. The van der Waals surface area contributed by atoms with Gasteiger partial charge in [0.1, 0.15) is 5.82 Å². The second-order valence-electron chi connectivity index (χ2n) is 7.10. The van der Waals surface area contributed by atoms with Gasteiger partial charge in [0.2, 0.25) is 0 Å². The molecule has 0 unspecified atom stereocenters. The molecule has 0 saturated heterocycles. The first kappa shape index (κ1) is 22.9. The highest BCUT2D eigenvalue weighted by atomic mass is 35.5. The van der Waals surface area contributed by atoms with Crippen LogP contribution in [0.15, 0.2) is 58.4 Å². The fourth-order valence-corrected chi connectivity index (χ4v) is 3.55. The van der Waals surface area contributed by atoms with Gasteiger partial charge >= 0.3 is 5.56 Å². The van der Waals surface area contributed by atoms with E-state index in [2.05, 4.69) is 5.10 Å². The van der Waals surface area contributed by atoms with Crippen molar-refractivity contribution in [2.75, 3.05) is 19.5 Å². The van der Waals surface area contributed by atoms with Crippen molar-refractivity contribution in [1.29, 1.82) is 0 Å². The summed E-state index contributed by atoms with van der Waals surface area (Å²) in [4.78, 5) is 13.3. The van der Waals surface area contributed by atoms with Crippen LogP contribution in [0.25, 0.3) is 16.8 Å². The molecular formula is C21H20ClFN2O5S. The molecule has 7 nitrogen and oxygen atoms in total. The van der Waals surface area contributed by atoms with E-state index in [0.717, 1.165) is 17.0 Å². The number of aliphatic hydroxyl groups excluding tert-OH is 1. The Morgan fingerprint density at radius 3 is 2.48 bits per heavy atom. The summed E-state index contributed by atoms with van der Waals surface area (Å²) in [5.41, 5.74) is 0.500. The summed E-state index contributed by atoms with van der Waals surface area (Å²) in [6, 6.07) is 9.70. The maximum absolute atomic E-state index is 13.5. The number of hydrogen-bond donors (Lipinski definition) is 1. The molecule has 0 aliphatic heterocycles. The van der Waals surface area contributed by atoms with Crippen LogP contribution in [0.5, 0.6) is 5.75 Å². The molecule has 0 aliphatic carbocycles. The van der Waals surface area contributed by atoms with E-state index in [1.807, 2.05) is 0 Å². The molecule has 0 fully saturated rings. The SMILES string of the molecule is C[C@@H](CO)COc1c(-c2ccc(S(C)(=O)=O)cc2)cnn(-c2ccc(F)c(Cl)c2)c1=O. The van der Waals surface area contributed by atoms with E-state index in [-0.39, 0.29) is 40.5 Å². The van der Waals surface area contributed by atoms with E-state index in [4.69, 9.17) is 16.3 Å². The van der Waals surface area contributed by atoms with Gasteiger partial charge in [0.15, 0.2) is 15.6 Å². The Morgan fingerprint density at radius 2 is 1.90 bits per heavy atom. The van der Waals surface area contributed by atoms with Gasteiger partial charge < -0.3 is 9.84 Å². The zero-order chi connectivity index (χ0) is 22.8. The highest BCUT2D eigenvalue weighted by Crippen LogP contribution is 2.28. The molecule has 3 aromatic rings. The van der Waals surface area contributed by atoms with Gasteiger partial charge in [0.05, 0.1) is 28.4 Å². The van der Waals surface area contributed by atoms with Crippen LogP contribution in [0.2, 0.25) is 5.02 Å². The van der Waals surface area contributed by atoms with Gasteiger partial charge in [-0.2, -0.15) is 9.78 Å². The number of aliphatic hydroxyl groups is 1. The number of halogens is 2. The quantitative estimate of drug-likeness (QED) is 0.574. The van der Waals surface area contributed by atoms with Crippen molar-refractivity contribution in [2.24, 2.45) is 5.92 Å². The monoisotopic (exact) mass is 466 g/mol. The summed E-state index contributed by atoms with van der Waals surface area (Å²) in [6.07, 6.45) is 2.50. The molecule has 1 N–H and O–H groups in total. The Bertz CT molecular complexity index is 1260. The van der Waals surface area contributed by atoms with Gasteiger partial charge in [-0.1, -0.05) is 30.7 Å². The smallest absolute Gasteiger partial charge is 0.314 e. The molecule has 10 heteroatoms. The first-order valence-corrected chi connectivity index (χ1v) is 11.5. The minimum Gasteiger partial charge on any atom is -0.487 e. The van der Waals surface area contributed by atoms with E-state index in [1.54, 1.807) is 19.1 Å². The van der Waals surface area contributed by atoms with Crippen molar-refractivity contribution >= 4 is 21.4 Å². The van der Waals surface area contributed by atoms with E-state index in [9.17, 15) is 22.7 Å². The third-order valence-corrected chi connectivity index (χ3v) is 5.92. The Kier molecular flexibility index (Phi) is 6.78. The lowest BCUT2D eigenvalue weighted by Gasteiger charge is -2.15. The molecule has 2 aromatic carbocycles. The minimum atomic E-state index is -3.38. The van der Waals surface area contributed by atoms with Crippen molar-refractivity contribution in [3.8, 4) is 22.6 Å². The van der Waals surface area contributed by atoms with Crippen molar-refractivity contribution in [1.82, 2.24) is 9.78 Å². The zero-order valence-corrected chi connectivity index (χ0v) is 18.3. The summed E-state index contributed by atoms with van der Waals surface area (Å²) in [7, 11) is -3.38. The van der Waals surface area contributed by atoms with E-state index in [0.29, 0.717) is 11.1 Å². The maximum Gasteiger partial charge on any atom is 0.314 e. The van der Waals surface area contributed by atoms with Gasteiger partial charge in [-0.05, 0) is 35.9 Å². The van der Waals surface area contributed by atoms with Crippen LogP contribution in [0.3, 0.4) is 0 Å². The average molecular weight is 467 g/mol. The molecule has 0 saturated carbocycles. The highest BCUT2D eigenvalue weighted by molar-refractivity contribution is 7.90. The number of benzene rings is 2. The van der Waals surface area contributed by atoms with Crippen LogP contribution >= 0.6 is 11.6 Å². The number of aromatic nitrogens is 2. The number of nitrogens with zero attached hydrogens (tertiary/aromatic N) is 2. The van der Waals surface area contributed by atoms with Crippen molar-refractivity contribution in [2.45, 2.75) is 11.8 Å². The van der Waals surface area contributed by atoms with Crippen LogP contribution in [-0.4, -0.2) is 42.8 Å². The molecule has 0 aliphatic rings. The third-order valence-electron chi connectivity index (χ3n) is 4.50. The number of ether oxygens (including phenoxy) is 1. The Hall–Kier alpha value is -2.75. The molecule has 1 atom stereocenters. The van der Waals surface area contributed by atoms with Gasteiger partial charge in [-0.25, -0.2) is 12.8 Å². The third kappa shape index (κ3) is 5.12. The predicted molar refractivity (Wildman–Crippen MR) is 115 cm³/mol. The number of sulfone groups is 1. The standard InChI is InChI=1S/C21H20ClFN2O5S/c1-13(11-26)12-30-20-17(14-3-6-16(7-4-14)31(2,28)29)10-24-25(21(20)27)15-5-8-19(23)18(22)9-15/h3-10,13,26H,11-12H2,1-2H3/t13-/m0/s1. The maximum atomic E-state index is 13.5. The Balaban J connectivity index is 2.13. The summed E-state index contributed by atoms with van der Waals surface area (Å²) in [5, 5.41) is 13.3. The largest absolute Gasteiger partial charge is 0.487 e. The van der Waals surface area contributed by atoms with Crippen LogP contribution in [0, 0.1) is 11.7 Å². The molecule has 1 aromatic heterocycles. The molecule has 0 bridgehead atoms.